The van der Waals surface area contributed by atoms with Gasteiger partial charge in [-0.1, -0.05) is 6.92 Å². The number of ether oxygens (including phenoxy) is 2. The van der Waals surface area contributed by atoms with Gasteiger partial charge in [-0.05, 0) is 37.5 Å². The van der Waals surface area contributed by atoms with Crippen molar-refractivity contribution in [1.29, 1.82) is 0 Å². The van der Waals surface area contributed by atoms with Crippen molar-refractivity contribution in [3.8, 4) is 11.5 Å². The summed E-state index contributed by atoms with van der Waals surface area (Å²) in [6, 6.07) is 4.20. The highest BCUT2D eigenvalue weighted by Gasteiger charge is 2.15. The predicted octanol–water partition coefficient (Wildman–Crippen LogP) is 2.22. The first-order valence-electron chi connectivity index (χ1n) is 7.10. The molecule has 112 valence electrons. The number of hydrogen-bond donors (Lipinski definition) is 1. The van der Waals surface area contributed by atoms with Gasteiger partial charge in [0.05, 0.1) is 0 Å². The van der Waals surface area contributed by atoms with Crippen LogP contribution in [0.25, 0.3) is 0 Å². The molecule has 1 aliphatic heterocycles. The molecule has 20 heavy (non-hydrogen) atoms. The maximum Gasteiger partial charge on any atom is 0.162 e. The topological polar surface area (TPSA) is 33.7 Å². The Hall–Kier alpha value is -0.910. The van der Waals surface area contributed by atoms with E-state index in [0.717, 1.165) is 37.7 Å². The lowest BCUT2D eigenvalue weighted by atomic mass is 10.2. The molecule has 0 saturated carbocycles. The highest BCUT2D eigenvalue weighted by molar-refractivity contribution is 7.98. The summed E-state index contributed by atoms with van der Waals surface area (Å²) < 4.78 is 11.3. The fraction of sp³-hybridized carbons (Fsp3) is 0.600. The molecule has 2 rings (SSSR count). The van der Waals surface area contributed by atoms with Crippen LogP contribution >= 0.6 is 11.8 Å². The zero-order chi connectivity index (χ0) is 14.4. The van der Waals surface area contributed by atoms with Gasteiger partial charge in [-0.2, -0.15) is 0 Å². The Kier molecular flexibility index (Phi) is 6.01. The minimum atomic E-state index is 0.639. The molecule has 1 aliphatic rings. The summed E-state index contributed by atoms with van der Waals surface area (Å²) in [5.74, 6) is 1.74. The molecule has 1 heterocycles. The number of fused-ring (bicyclic) bond motifs is 1. The van der Waals surface area contributed by atoms with E-state index in [1.807, 2.05) is 0 Å². The van der Waals surface area contributed by atoms with Gasteiger partial charge in [-0.25, -0.2) is 0 Å². The van der Waals surface area contributed by atoms with Gasteiger partial charge in [0.15, 0.2) is 11.5 Å². The molecule has 0 unspecified atom stereocenters. The Balaban J connectivity index is 1.96. The molecule has 0 aliphatic carbocycles. The smallest absolute Gasteiger partial charge is 0.162 e. The molecular weight excluding hydrogens is 272 g/mol. The first-order valence-corrected chi connectivity index (χ1v) is 8.32. The minimum absolute atomic E-state index is 0.639. The summed E-state index contributed by atoms with van der Waals surface area (Å²) in [6.07, 6.45) is 2.10. The van der Waals surface area contributed by atoms with Crippen molar-refractivity contribution in [2.75, 3.05) is 46.2 Å². The molecule has 0 spiro atoms. The van der Waals surface area contributed by atoms with Gasteiger partial charge in [-0.3, -0.25) is 0 Å². The molecule has 0 aromatic heterocycles. The molecule has 0 bridgehead atoms. The molecule has 4 nitrogen and oxygen atoms in total. The minimum Gasteiger partial charge on any atom is -0.486 e. The second kappa shape index (κ2) is 7.76. The fourth-order valence-corrected chi connectivity index (χ4v) is 2.71. The fourth-order valence-electron chi connectivity index (χ4n) is 2.09. The number of benzene rings is 1. The van der Waals surface area contributed by atoms with E-state index in [0.29, 0.717) is 13.2 Å². The lowest BCUT2D eigenvalue weighted by Gasteiger charge is -2.21. The van der Waals surface area contributed by atoms with Crippen LogP contribution in [0.15, 0.2) is 17.0 Å². The van der Waals surface area contributed by atoms with Gasteiger partial charge in [0, 0.05) is 24.5 Å². The molecule has 0 fully saturated rings. The van der Waals surface area contributed by atoms with E-state index in [4.69, 9.17) is 9.47 Å². The SMILES string of the molecule is CCN(C)CCNCc1cc2c(cc1SC)OCCO2. The van der Waals surface area contributed by atoms with Crippen molar-refractivity contribution in [2.45, 2.75) is 18.4 Å². The van der Waals surface area contributed by atoms with Crippen LogP contribution in [0.2, 0.25) is 0 Å². The van der Waals surface area contributed by atoms with Gasteiger partial charge < -0.3 is 19.7 Å². The average molecular weight is 296 g/mol. The van der Waals surface area contributed by atoms with Crippen LogP contribution in [0.3, 0.4) is 0 Å². The second-order valence-corrected chi connectivity index (χ2v) is 5.73. The number of nitrogens with zero attached hydrogens (tertiary/aromatic N) is 1. The summed E-state index contributed by atoms with van der Waals surface area (Å²) in [4.78, 5) is 3.55. The van der Waals surface area contributed by atoms with Crippen molar-refractivity contribution < 1.29 is 9.47 Å². The molecule has 0 amide bonds. The van der Waals surface area contributed by atoms with Crippen LogP contribution in [0.1, 0.15) is 12.5 Å². The van der Waals surface area contributed by atoms with Gasteiger partial charge in [0.25, 0.3) is 0 Å². The maximum atomic E-state index is 5.66. The van der Waals surface area contributed by atoms with Crippen LogP contribution < -0.4 is 14.8 Å². The number of thioether (sulfide) groups is 1. The summed E-state index contributed by atoms with van der Waals surface area (Å²) in [5, 5.41) is 3.50. The highest BCUT2D eigenvalue weighted by atomic mass is 32.2. The van der Waals surface area contributed by atoms with Crippen molar-refractivity contribution in [3.05, 3.63) is 17.7 Å². The number of rotatable bonds is 7. The monoisotopic (exact) mass is 296 g/mol. The van der Waals surface area contributed by atoms with Crippen LogP contribution in [0.5, 0.6) is 11.5 Å². The third-order valence-corrected chi connectivity index (χ3v) is 4.29. The van der Waals surface area contributed by atoms with E-state index in [2.05, 4.69) is 42.6 Å². The van der Waals surface area contributed by atoms with Crippen LogP contribution in [-0.4, -0.2) is 51.1 Å². The third kappa shape index (κ3) is 4.04. The van der Waals surface area contributed by atoms with E-state index >= 15 is 0 Å². The zero-order valence-electron chi connectivity index (χ0n) is 12.6. The molecular formula is C15H24N2O2S. The van der Waals surface area contributed by atoms with E-state index in [1.54, 1.807) is 11.8 Å². The predicted molar refractivity (Wildman–Crippen MR) is 84.1 cm³/mol. The Morgan fingerprint density at radius 1 is 1.25 bits per heavy atom. The zero-order valence-corrected chi connectivity index (χ0v) is 13.4. The molecule has 0 atom stereocenters. The number of nitrogens with one attached hydrogen (secondary N) is 1. The average Bonchev–Trinajstić information content (AvgIpc) is 2.50. The Bertz CT molecular complexity index is 440. The van der Waals surface area contributed by atoms with Crippen molar-refractivity contribution in [2.24, 2.45) is 0 Å². The van der Waals surface area contributed by atoms with Gasteiger partial charge in [-0.15, -0.1) is 11.8 Å². The normalized spacial score (nSPS) is 13.8. The van der Waals surface area contributed by atoms with Gasteiger partial charge in [0.1, 0.15) is 13.2 Å². The summed E-state index contributed by atoms with van der Waals surface area (Å²) in [7, 11) is 2.14. The summed E-state index contributed by atoms with van der Waals surface area (Å²) in [5.41, 5.74) is 1.28. The number of likely N-dealkylation sites (N-methyl/N-ethyl adjacent to an activating group) is 1. The molecule has 1 N–H and O–H groups in total. The van der Waals surface area contributed by atoms with E-state index in [1.165, 1.54) is 10.5 Å². The summed E-state index contributed by atoms with van der Waals surface area (Å²) >= 11 is 1.75. The van der Waals surface area contributed by atoms with Gasteiger partial charge >= 0.3 is 0 Å². The van der Waals surface area contributed by atoms with E-state index < -0.39 is 0 Å². The molecule has 1 aromatic rings. The van der Waals surface area contributed by atoms with Crippen LogP contribution in [-0.2, 0) is 6.54 Å². The van der Waals surface area contributed by atoms with Crippen LogP contribution in [0, 0.1) is 0 Å². The lowest BCUT2D eigenvalue weighted by molar-refractivity contribution is 0.171. The molecule has 1 aromatic carbocycles. The van der Waals surface area contributed by atoms with E-state index in [9.17, 15) is 0 Å². The Morgan fingerprint density at radius 2 is 1.95 bits per heavy atom. The van der Waals surface area contributed by atoms with Crippen molar-refractivity contribution >= 4 is 11.8 Å². The van der Waals surface area contributed by atoms with E-state index in [-0.39, 0.29) is 0 Å². The quantitative estimate of drug-likeness (QED) is 0.616. The largest absolute Gasteiger partial charge is 0.486 e. The molecule has 5 heteroatoms. The Labute approximate surface area is 125 Å². The van der Waals surface area contributed by atoms with Crippen molar-refractivity contribution in [3.63, 3.8) is 0 Å². The lowest BCUT2D eigenvalue weighted by Crippen LogP contribution is -2.29. The van der Waals surface area contributed by atoms with Crippen LogP contribution in [0.4, 0.5) is 0 Å². The van der Waals surface area contributed by atoms with Gasteiger partial charge in [0.2, 0.25) is 0 Å². The molecule has 0 radical (unpaired) electrons. The summed E-state index contributed by atoms with van der Waals surface area (Å²) in [6.45, 7) is 7.46. The third-order valence-electron chi connectivity index (χ3n) is 3.47. The standard InChI is InChI=1S/C15H24N2O2S/c1-4-17(2)6-5-16-11-12-9-13-14(10-15(12)20-3)19-8-7-18-13/h9-10,16H,4-8,11H2,1-3H3. The first kappa shape index (κ1) is 15.5. The Morgan fingerprint density at radius 3 is 2.60 bits per heavy atom. The maximum absolute atomic E-state index is 5.66. The van der Waals surface area contributed by atoms with Crippen molar-refractivity contribution in [1.82, 2.24) is 10.2 Å². The second-order valence-electron chi connectivity index (χ2n) is 4.88. The highest BCUT2D eigenvalue weighted by Crippen LogP contribution is 2.36. The molecule has 0 saturated heterocycles. The number of hydrogen-bond acceptors (Lipinski definition) is 5. The first-order chi connectivity index (χ1) is 9.74.